The third-order valence-corrected chi connectivity index (χ3v) is 4.96. The molecule has 1 saturated carbocycles. The quantitative estimate of drug-likeness (QED) is 0.698. The molecule has 0 amide bonds. The molecule has 0 aliphatic heterocycles. The van der Waals surface area contributed by atoms with Crippen LogP contribution in [-0.2, 0) is 7.05 Å². The van der Waals surface area contributed by atoms with E-state index in [2.05, 4.69) is 27.1 Å². The molecule has 6 nitrogen and oxygen atoms in total. The van der Waals surface area contributed by atoms with Crippen LogP contribution in [0.25, 0.3) is 11.1 Å². The van der Waals surface area contributed by atoms with E-state index < -0.39 is 0 Å². The maximum absolute atomic E-state index is 12.0. The highest BCUT2D eigenvalue weighted by Gasteiger charge is 2.40. The van der Waals surface area contributed by atoms with E-state index in [4.69, 9.17) is 4.74 Å². The zero-order valence-corrected chi connectivity index (χ0v) is 15.7. The van der Waals surface area contributed by atoms with Gasteiger partial charge >= 0.3 is 0 Å². The molecular weight excluding hydrogens is 340 g/mol. The highest BCUT2D eigenvalue weighted by atomic mass is 16.5. The molecule has 4 rings (SSSR count). The van der Waals surface area contributed by atoms with Crippen LogP contribution < -0.4 is 10.3 Å². The van der Waals surface area contributed by atoms with Gasteiger partial charge in [-0.1, -0.05) is 6.07 Å². The number of hydrogen-bond acceptors (Lipinski definition) is 5. The van der Waals surface area contributed by atoms with Gasteiger partial charge in [-0.05, 0) is 43.5 Å². The number of nitrogens with zero attached hydrogens (tertiary/aromatic N) is 4. The first kappa shape index (κ1) is 17.4. The molecule has 1 unspecified atom stereocenters. The summed E-state index contributed by atoms with van der Waals surface area (Å²) in [6.45, 7) is 4.45. The molecule has 0 radical (unpaired) electrons. The standard InChI is InChI=1S/C21H22N4O2/c1-13-4-5-19(23-10-13)17-8-16(17)12-27-21-18(11-22-14(2)24-21)15-6-7-25(3)20(26)9-15/h4-7,9-11,16-17H,8,12H2,1-3H3/t16-,17?/m1/s1. The second-order valence-corrected chi connectivity index (χ2v) is 7.17. The molecule has 0 bridgehead atoms. The molecule has 2 atom stereocenters. The van der Waals surface area contributed by atoms with Gasteiger partial charge in [-0.25, -0.2) is 4.98 Å². The first-order valence-corrected chi connectivity index (χ1v) is 9.07. The van der Waals surface area contributed by atoms with Crippen LogP contribution in [0.3, 0.4) is 0 Å². The Labute approximate surface area is 157 Å². The largest absolute Gasteiger partial charge is 0.477 e. The second-order valence-electron chi connectivity index (χ2n) is 7.17. The Kier molecular flexibility index (Phi) is 4.48. The van der Waals surface area contributed by atoms with Gasteiger partial charge in [0.2, 0.25) is 5.88 Å². The summed E-state index contributed by atoms with van der Waals surface area (Å²) < 4.78 is 7.58. The zero-order valence-electron chi connectivity index (χ0n) is 15.7. The van der Waals surface area contributed by atoms with Crippen molar-refractivity contribution in [3.05, 3.63) is 70.3 Å². The van der Waals surface area contributed by atoms with Crippen LogP contribution in [0.15, 0.2) is 47.7 Å². The van der Waals surface area contributed by atoms with Gasteiger partial charge in [-0.3, -0.25) is 9.78 Å². The van der Waals surface area contributed by atoms with Crippen molar-refractivity contribution in [1.29, 1.82) is 0 Å². The van der Waals surface area contributed by atoms with Gasteiger partial charge < -0.3 is 9.30 Å². The average Bonchev–Trinajstić information content (AvgIpc) is 3.43. The number of hydrogen-bond donors (Lipinski definition) is 0. The van der Waals surface area contributed by atoms with Crippen molar-refractivity contribution in [2.45, 2.75) is 26.2 Å². The summed E-state index contributed by atoms with van der Waals surface area (Å²) in [7, 11) is 1.72. The molecule has 6 heteroatoms. The van der Waals surface area contributed by atoms with E-state index in [1.165, 1.54) is 10.1 Å². The van der Waals surface area contributed by atoms with E-state index in [0.717, 1.165) is 23.2 Å². The molecule has 1 aliphatic rings. The Morgan fingerprint density at radius 1 is 1.19 bits per heavy atom. The molecule has 0 saturated heterocycles. The minimum Gasteiger partial charge on any atom is -0.477 e. The summed E-state index contributed by atoms with van der Waals surface area (Å²) in [6.07, 6.45) is 6.44. The molecule has 0 aromatic carbocycles. The van der Waals surface area contributed by atoms with Crippen molar-refractivity contribution in [2.75, 3.05) is 6.61 Å². The van der Waals surface area contributed by atoms with Crippen molar-refractivity contribution in [3.8, 4) is 17.0 Å². The second kappa shape index (κ2) is 6.95. The maximum Gasteiger partial charge on any atom is 0.250 e. The number of pyridine rings is 2. The van der Waals surface area contributed by atoms with Crippen LogP contribution in [-0.4, -0.2) is 26.1 Å². The molecule has 1 aliphatic carbocycles. The highest BCUT2D eigenvalue weighted by molar-refractivity contribution is 5.67. The molecule has 0 spiro atoms. The van der Waals surface area contributed by atoms with Crippen LogP contribution in [0.4, 0.5) is 0 Å². The molecule has 1 fully saturated rings. The zero-order chi connectivity index (χ0) is 19.0. The van der Waals surface area contributed by atoms with Gasteiger partial charge in [0.25, 0.3) is 5.56 Å². The molecule has 0 N–H and O–H groups in total. The first-order chi connectivity index (χ1) is 13.0. The van der Waals surface area contributed by atoms with Crippen molar-refractivity contribution in [1.82, 2.24) is 19.5 Å². The molecule has 3 heterocycles. The summed E-state index contributed by atoms with van der Waals surface area (Å²) in [4.78, 5) is 25.2. The number of aromatic nitrogens is 4. The summed E-state index contributed by atoms with van der Waals surface area (Å²) in [5.74, 6) is 2.05. The number of aryl methyl sites for hydroxylation is 3. The van der Waals surface area contributed by atoms with Crippen LogP contribution >= 0.6 is 0 Å². The van der Waals surface area contributed by atoms with Crippen molar-refractivity contribution in [3.63, 3.8) is 0 Å². The molecule has 3 aromatic rings. The van der Waals surface area contributed by atoms with Crippen LogP contribution in [0.1, 0.15) is 29.4 Å². The molecule has 3 aromatic heterocycles. The molecule has 138 valence electrons. The minimum absolute atomic E-state index is 0.0771. The Balaban J connectivity index is 1.51. The lowest BCUT2D eigenvalue weighted by molar-refractivity contribution is 0.285. The lowest BCUT2D eigenvalue weighted by Crippen LogP contribution is -2.14. The molecule has 27 heavy (non-hydrogen) atoms. The van der Waals surface area contributed by atoms with E-state index in [1.807, 2.05) is 26.1 Å². The van der Waals surface area contributed by atoms with Gasteiger partial charge in [0.1, 0.15) is 5.82 Å². The maximum atomic E-state index is 12.0. The topological polar surface area (TPSA) is 69.9 Å². The van der Waals surface area contributed by atoms with Gasteiger partial charge in [-0.15, -0.1) is 0 Å². The van der Waals surface area contributed by atoms with E-state index in [9.17, 15) is 4.79 Å². The van der Waals surface area contributed by atoms with Crippen LogP contribution in [0, 0.1) is 19.8 Å². The van der Waals surface area contributed by atoms with E-state index in [1.54, 1.807) is 25.5 Å². The highest BCUT2D eigenvalue weighted by Crippen LogP contribution is 2.47. The predicted octanol–water partition coefficient (Wildman–Crippen LogP) is 3.04. The Hall–Kier alpha value is -3.02. The van der Waals surface area contributed by atoms with Crippen molar-refractivity contribution in [2.24, 2.45) is 13.0 Å². The van der Waals surface area contributed by atoms with Gasteiger partial charge in [0, 0.05) is 49.2 Å². The lowest BCUT2D eigenvalue weighted by atomic mass is 10.1. The van der Waals surface area contributed by atoms with Crippen LogP contribution in [0.2, 0.25) is 0 Å². The Bertz CT molecular complexity index is 1030. The Morgan fingerprint density at radius 3 is 2.78 bits per heavy atom. The summed E-state index contributed by atoms with van der Waals surface area (Å²) >= 11 is 0. The third-order valence-electron chi connectivity index (χ3n) is 4.96. The third kappa shape index (κ3) is 3.74. The SMILES string of the molecule is Cc1ccc(C2C[C@@H]2COc2nc(C)ncc2-c2ccn(C)c(=O)c2)nc1. The van der Waals surface area contributed by atoms with Crippen LogP contribution in [0.5, 0.6) is 5.88 Å². The fraction of sp³-hybridized carbons (Fsp3) is 0.333. The van der Waals surface area contributed by atoms with Gasteiger partial charge in [-0.2, -0.15) is 4.98 Å². The summed E-state index contributed by atoms with van der Waals surface area (Å²) in [5.41, 5.74) is 3.72. The monoisotopic (exact) mass is 362 g/mol. The molecular formula is C21H22N4O2. The van der Waals surface area contributed by atoms with Crippen molar-refractivity contribution < 1.29 is 4.74 Å². The van der Waals surface area contributed by atoms with Crippen molar-refractivity contribution >= 4 is 0 Å². The summed E-state index contributed by atoms with van der Waals surface area (Å²) in [5, 5.41) is 0. The van der Waals surface area contributed by atoms with E-state index >= 15 is 0 Å². The average molecular weight is 362 g/mol. The van der Waals surface area contributed by atoms with Gasteiger partial charge in [0.05, 0.1) is 12.2 Å². The number of ether oxygens (including phenoxy) is 1. The summed E-state index contributed by atoms with van der Waals surface area (Å²) in [6, 6.07) is 7.65. The van der Waals surface area contributed by atoms with Gasteiger partial charge in [0.15, 0.2) is 0 Å². The van der Waals surface area contributed by atoms with E-state index in [0.29, 0.717) is 30.1 Å². The predicted molar refractivity (Wildman–Crippen MR) is 103 cm³/mol. The lowest BCUT2D eigenvalue weighted by Gasteiger charge is -2.11. The fourth-order valence-electron chi connectivity index (χ4n) is 3.15. The minimum atomic E-state index is -0.0771. The normalized spacial score (nSPS) is 18.3. The van der Waals surface area contributed by atoms with E-state index in [-0.39, 0.29) is 5.56 Å². The fourth-order valence-corrected chi connectivity index (χ4v) is 3.15. The smallest absolute Gasteiger partial charge is 0.250 e. The first-order valence-electron chi connectivity index (χ1n) is 9.07. The number of rotatable bonds is 5. The Morgan fingerprint density at radius 2 is 2.04 bits per heavy atom.